The molecule has 0 saturated heterocycles. The summed E-state index contributed by atoms with van der Waals surface area (Å²) in [7, 11) is 1.60. The first-order valence-corrected chi connectivity index (χ1v) is 10.1. The third-order valence-electron chi connectivity index (χ3n) is 4.48. The lowest BCUT2D eigenvalue weighted by Crippen LogP contribution is -2.17. The van der Waals surface area contributed by atoms with Crippen molar-refractivity contribution in [1.29, 1.82) is 5.26 Å². The molecule has 3 aromatic rings. The number of hydrogen-bond donors (Lipinski definition) is 1. The summed E-state index contributed by atoms with van der Waals surface area (Å²) in [6.07, 6.45) is 1.63. The maximum atomic E-state index is 12.6. The Hall–Kier alpha value is -2.95. The van der Waals surface area contributed by atoms with Gasteiger partial charge in [-0.25, -0.2) is 4.98 Å². The number of benzene rings is 1. The van der Waals surface area contributed by atoms with Gasteiger partial charge in [0, 0.05) is 17.6 Å². The summed E-state index contributed by atoms with van der Waals surface area (Å²) < 4.78 is 7.08. The number of anilines is 1. The van der Waals surface area contributed by atoms with Crippen LogP contribution in [0.3, 0.4) is 0 Å². The average molecular weight is 427 g/mol. The van der Waals surface area contributed by atoms with E-state index in [4.69, 9.17) is 16.3 Å². The SMILES string of the molecule is COc1ccc(-n2c(C)c(C)c(C#N)c2NC(=O)CSc2ncccc2Cl)cc1. The third kappa shape index (κ3) is 4.39. The first-order valence-electron chi connectivity index (χ1n) is 8.75. The minimum atomic E-state index is -0.250. The van der Waals surface area contributed by atoms with E-state index in [1.54, 1.807) is 25.4 Å². The van der Waals surface area contributed by atoms with Crippen molar-refractivity contribution in [2.45, 2.75) is 18.9 Å². The van der Waals surface area contributed by atoms with E-state index in [-0.39, 0.29) is 11.7 Å². The van der Waals surface area contributed by atoms with Crippen LogP contribution in [0, 0.1) is 25.2 Å². The minimum absolute atomic E-state index is 0.119. The standard InChI is InChI=1S/C21H19ClN4O2S/c1-13-14(2)26(15-6-8-16(28-3)9-7-15)20(17(13)11-23)25-19(27)12-29-21-18(22)5-4-10-24-21/h4-10H,12H2,1-3H3,(H,25,27). The number of ether oxygens (including phenoxy) is 1. The van der Waals surface area contributed by atoms with Gasteiger partial charge >= 0.3 is 0 Å². The molecule has 0 saturated carbocycles. The van der Waals surface area contributed by atoms with Gasteiger partial charge in [-0.1, -0.05) is 23.4 Å². The fourth-order valence-electron chi connectivity index (χ4n) is 2.89. The molecular formula is C21H19ClN4O2S. The molecule has 29 heavy (non-hydrogen) atoms. The van der Waals surface area contributed by atoms with E-state index in [0.717, 1.165) is 22.7 Å². The molecule has 0 fully saturated rings. The van der Waals surface area contributed by atoms with Crippen molar-refractivity contribution in [2.24, 2.45) is 0 Å². The largest absolute Gasteiger partial charge is 0.497 e. The number of nitriles is 1. The van der Waals surface area contributed by atoms with Gasteiger partial charge in [-0.15, -0.1) is 0 Å². The molecule has 1 amide bonds. The molecule has 8 heteroatoms. The highest BCUT2D eigenvalue weighted by molar-refractivity contribution is 8.00. The van der Waals surface area contributed by atoms with Crippen LogP contribution >= 0.6 is 23.4 Å². The number of nitrogens with zero attached hydrogens (tertiary/aromatic N) is 3. The number of hydrogen-bond acceptors (Lipinski definition) is 5. The van der Waals surface area contributed by atoms with Crippen LogP contribution in [-0.2, 0) is 4.79 Å². The summed E-state index contributed by atoms with van der Waals surface area (Å²) in [5.41, 5.74) is 2.96. The highest BCUT2D eigenvalue weighted by Gasteiger charge is 2.21. The molecule has 0 atom stereocenters. The molecule has 3 rings (SSSR count). The van der Waals surface area contributed by atoms with Crippen molar-refractivity contribution in [2.75, 3.05) is 18.2 Å². The van der Waals surface area contributed by atoms with Gasteiger partial charge in [0.1, 0.15) is 22.7 Å². The van der Waals surface area contributed by atoms with Gasteiger partial charge in [-0.2, -0.15) is 5.26 Å². The topological polar surface area (TPSA) is 79.9 Å². The Labute approximate surface area is 178 Å². The quantitative estimate of drug-likeness (QED) is 0.575. The number of carbonyl (C=O) groups is 1. The van der Waals surface area contributed by atoms with Crippen LogP contribution < -0.4 is 10.1 Å². The van der Waals surface area contributed by atoms with Crippen LogP contribution in [0.15, 0.2) is 47.6 Å². The Kier molecular flexibility index (Phi) is 6.47. The number of rotatable bonds is 6. The number of nitrogens with one attached hydrogen (secondary N) is 1. The number of methoxy groups -OCH3 is 1. The molecule has 0 unspecified atom stereocenters. The minimum Gasteiger partial charge on any atom is -0.497 e. The van der Waals surface area contributed by atoms with Gasteiger partial charge in [0.2, 0.25) is 5.91 Å². The summed E-state index contributed by atoms with van der Waals surface area (Å²) in [5, 5.41) is 13.6. The first kappa shape index (κ1) is 20.8. The van der Waals surface area contributed by atoms with E-state index in [1.807, 2.05) is 42.7 Å². The van der Waals surface area contributed by atoms with Gasteiger partial charge in [0.05, 0.1) is 23.4 Å². The molecular weight excluding hydrogens is 408 g/mol. The van der Waals surface area contributed by atoms with Crippen LogP contribution in [0.1, 0.15) is 16.8 Å². The lowest BCUT2D eigenvalue weighted by atomic mass is 10.2. The summed E-state index contributed by atoms with van der Waals surface area (Å²) in [4.78, 5) is 16.8. The smallest absolute Gasteiger partial charge is 0.235 e. The van der Waals surface area contributed by atoms with E-state index in [9.17, 15) is 10.1 Å². The summed E-state index contributed by atoms with van der Waals surface area (Å²) >= 11 is 7.34. The molecule has 1 aromatic carbocycles. The first-order chi connectivity index (χ1) is 14.0. The van der Waals surface area contributed by atoms with Gasteiger partial charge in [-0.3, -0.25) is 9.36 Å². The monoisotopic (exact) mass is 426 g/mol. The number of aromatic nitrogens is 2. The molecule has 2 heterocycles. The van der Waals surface area contributed by atoms with E-state index in [2.05, 4.69) is 16.4 Å². The molecule has 0 aliphatic rings. The molecule has 0 bridgehead atoms. The zero-order valence-corrected chi connectivity index (χ0v) is 17.8. The zero-order valence-electron chi connectivity index (χ0n) is 16.2. The van der Waals surface area contributed by atoms with Gasteiger partial charge in [-0.05, 0) is 55.8 Å². The van der Waals surface area contributed by atoms with E-state index >= 15 is 0 Å². The summed E-state index contributed by atoms with van der Waals surface area (Å²) in [5.74, 6) is 1.05. The average Bonchev–Trinajstić information content (AvgIpc) is 2.96. The number of amides is 1. The highest BCUT2D eigenvalue weighted by atomic mass is 35.5. The van der Waals surface area contributed by atoms with Gasteiger partial charge in [0.25, 0.3) is 0 Å². The molecule has 2 aromatic heterocycles. The predicted octanol–water partition coefficient (Wildman–Crippen LogP) is 4.75. The zero-order chi connectivity index (χ0) is 21.0. The Morgan fingerprint density at radius 2 is 2.03 bits per heavy atom. The molecule has 0 aliphatic heterocycles. The molecule has 1 N–H and O–H groups in total. The predicted molar refractivity (Wildman–Crippen MR) is 115 cm³/mol. The summed E-state index contributed by atoms with van der Waals surface area (Å²) in [6.45, 7) is 3.78. The number of thioether (sulfide) groups is 1. The Morgan fingerprint density at radius 1 is 1.31 bits per heavy atom. The van der Waals surface area contributed by atoms with Crippen molar-refractivity contribution in [3.63, 3.8) is 0 Å². The van der Waals surface area contributed by atoms with Crippen LogP contribution in [0.4, 0.5) is 5.82 Å². The van der Waals surface area contributed by atoms with Crippen molar-refractivity contribution >= 4 is 35.1 Å². The van der Waals surface area contributed by atoms with Crippen LogP contribution in [0.5, 0.6) is 5.75 Å². The number of halogens is 1. The van der Waals surface area contributed by atoms with E-state index < -0.39 is 0 Å². The normalized spacial score (nSPS) is 10.4. The van der Waals surface area contributed by atoms with Crippen molar-refractivity contribution < 1.29 is 9.53 Å². The lowest BCUT2D eigenvalue weighted by Gasteiger charge is -2.13. The van der Waals surface area contributed by atoms with Crippen molar-refractivity contribution in [1.82, 2.24) is 9.55 Å². The molecule has 0 radical (unpaired) electrons. The fourth-order valence-corrected chi connectivity index (χ4v) is 3.86. The maximum Gasteiger partial charge on any atom is 0.235 e. The van der Waals surface area contributed by atoms with Crippen LogP contribution in [0.2, 0.25) is 5.02 Å². The number of pyridine rings is 1. The Bertz CT molecular complexity index is 1090. The number of carbonyl (C=O) groups excluding carboxylic acids is 1. The Balaban J connectivity index is 1.89. The van der Waals surface area contributed by atoms with E-state index in [0.29, 0.717) is 21.4 Å². The lowest BCUT2D eigenvalue weighted by molar-refractivity contribution is -0.113. The van der Waals surface area contributed by atoms with Crippen LogP contribution in [0.25, 0.3) is 5.69 Å². The van der Waals surface area contributed by atoms with Crippen molar-refractivity contribution in [3.05, 3.63) is 64.4 Å². The fraction of sp³-hybridized carbons (Fsp3) is 0.190. The van der Waals surface area contributed by atoms with Crippen molar-refractivity contribution in [3.8, 4) is 17.5 Å². The van der Waals surface area contributed by atoms with Crippen LogP contribution in [-0.4, -0.2) is 28.3 Å². The molecule has 148 valence electrons. The maximum absolute atomic E-state index is 12.6. The van der Waals surface area contributed by atoms with Gasteiger partial charge < -0.3 is 10.1 Å². The third-order valence-corrected chi connectivity index (χ3v) is 5.90. The Morgan fingerprint density at radius 3 is 2.66 bits per heavy atom. The van der Waals surface area contributed by atoms with E-state index in [1.165, 1.54) is 11.8 Å². The van der Waals surface area contributed by atoms with Gasteiger partial charge in [0.15, 0.2) is 0 Å². The molecule has 0 spiro atoms. The second-order valence-electron chi connectivity index (χ2n) is 6.21. The molecule has 6 nitrogen and oxygen atoms in total. The highest BCUT2D eigenvalue weighted by Crippen LogP contribution is 2.31. The molecule has 0 aliphatic carbocycles. The second-order valence-corrected chi connectivity index (χ2v) is 7.58. The summed E-state index contributed by atoms with van der Waals surface area (Å²) in [6, 6.07) is 13.1. The second kappa shape index (κ2) is 9.03.